The lowest BCUT2D eigenvalue weighted by atomic mass is 10.1. The van der Waals surface area contributed by atoms with Crippen LogP contribution in [0, 0.1) is 0 Å². The Labute approximate surface area is 109 Å². The van der Waals surface area contributed by atoms with Gasteiger partial charge in [0.15, 0.2) is 0 Å². The summed E-state index contributed by atoms with van der Waals surface area (Å²) in [5.41, 5.74) is 8.56. The van der Waals surface area contributed by atoms with Gasteiger partial charge >= 0.3 is 0 Å². The molecule has 17 heavy (non-hydrogen) atoms. The summed E-state index contributed by atoms with van der Waals surface area (Å²) >= 11 is 7.68. The minimum atomic E-state index is -0.0250. The summed E-state index contributed by atoms with van der Waals surface area (Å²) in [7, 11) is 0. The third-order valence-electron chi connectivity index (χ3n) is 2.34. The molecule has 0 saturated carbocycles. The molecule has 0 fully saturated rings. The second kappa shape index (κ2) is 5.49. The molecule has 5 heteroatoms. The number of ether oxygens (including phenoxy) is 1. The number of hydrogen-bond acceptors (Lipinski definition) is 4. The Morgan fingerprint density at radius 3 is 2.94 bits per heavy atom. The molecule has 90 valence electrons. The lowest BCUT2D eigenvalue weighted by molar-refractivity contribution is 0.309. The van der Waals surface area contributed by atoms with Gasteiger partial charge in [-0.1, -0.05) is 17.7 Å². The minimum absolute atomic E-state index is 0.0250. The SMILES string of the molecule is C[C@@H](N)c1ccc(OCc2cncs2)c(Cl)c1. The van der Waals surface area contributed by atoms with Crippen LogP contribution in [-0.4, -0.2) is 4.98 Å². The molecule has 0 saturated heterocycles. The van der Waals surface area contributed by atoms with Gasteiger partial charge in [0.2, 0.25) is 0 Å². The molecular formula is C12H13ClN2OS. The zero-order valence-electron chi connectivity index (χ0n) is 9.39. The van der Waals surface area contributed by atoms with Crippen LogP contribution in [-0.2, 0) is 6.61 Å². The summed E-state index contributed by atoms with van der Waals surface area (Å²) in [6.45, 7) is 2.41. The summed E-state index contributed by atoms with van der Waals surface area (Å²) in [6, 6.07) is 5.59. The van der Waals surface area contributed by atoms with Gasteiger partial charge in [0, 0.05) is 12.2 Å². The van der Waals surface area contributed by atoms with E-state index in [2.05, 4.69) is 4.98 Å². The molecule has 0 bridgehead atoms. The molecule has 0 radical (unpaired) electrons. The average Bonchev–Trinajstić information content (AvgIpc) is 2.80. The van der Waals surface area contributed by atoms with Crippen molar-refractivity contribution in [3.63, 3.8) is 0 Å². The predicted octanol–water partition coefficient (Wildman–Crippen LogP) is 3.40. The third kappa shape index (κ3) is 3.19. The number of hydrogen-bond donors (Lipinski definition) is 1. The number of nitrogens with zero attached hydrogens (tertiary/aromatic N) is 1. The summed E-state index contributed by atoms with van der Waals surface area (Å²) in [4.78, 5) is 5.05. The van der Waals surface area contributed by atoms with E-state index < -0.39 is 0 Å². The topological polar surface area (TPSA) is 48.1 Å². The second-order valence-electron chi connectivity index (χ2n) is 3.73. The quantitative estimate of drug-likeness (QED) is 0.925. The average molecular weight is 269 g/mol. The fraction of sp³-hybridized carbons (Fsp3) is 0.250. The van der Waals surface area contributed by atoms with Gasteiger partial charge in [0.25, 0.3) is 0 Å². The van der Waals surface area contributed by atoms with Gasteiger partial charge in [-0.3, -0.25) is 4.98 Å². The van der Waals surface area contributed by atoms with Gasteiger partial charge < -0.3 is 10.5 Å². The Morgan fingerprint density at radius 1 is 1.53 bits per heavy atom. The van der Waals surface area contributed by atoms with Gasteiger partial charge in [-0.2, -0.15) is 0 Å². The molecule has 2 N–H and O–H groups in total. The van der Waals surface area contributed by atoms with Crippen LogP contribution in [0.25, 0.3) is 0 Å². The van der Waals surface area contributed by atoms with E-state index in [1.807, 2.05) is 25.1 Å². The highest BCUT2D eigenvalue weighted by molar-refractivity contribution is 7.09. The normalized spacial score (nSPS) is 12.4. The van der Waals surface area contributed by atoms with Crippen LogP contribution in [0.5, 0.6) is 5.75 Å². The van der Waals surface area contributed by atoms with Gasteiger partial charge in [-0.05, 0) is 24.6 Å². The maximum Gasteiger partial charge on any atom is 0.138 e. The van der Waals surface area contributed by atoms with Crippen molar-refractivity contribution in [1.29, 1.82) is 0 Å². The van der Waals surface area contributed by atoms with E-state index in [1.54, 1.807) is 23.0 Å². The molecule has 1 atom stereocenters. The largest absolute Gasteiger partial charge is 0.486 e. The Balaban J connectivity index is 2.06. The molecule has 2 aromatic rings. The van der Waals surface area contributed by atoms with E-state index in [0.29, 0.717) is 17.4 Å². The highest BCUT2D eigenvalue weighted by atomic mass is 35.5. The lowest BCUT2D eigenvalue weighted by Crippen LogP contribution is -2.05. The van der Waals surface area contributed by atoms with E-state index in [0.717, 1.165) is 10.4 Å². The number of rotatable bonds is 4. The van der Waals surface area contributed by atoms with Crippen LogP contribution >= 0.6 is 22.9 Å². The Morgan fingerprint density at radius 2 is 2.35 bits per heavy atom. The number of aromatic nitrogens is 1. The molecule has 2 rings (SSSR count). The van der Waals surface area contributed by atoms with E-state index in [-0.39, 0.29) is 6.04 Å². The van der Waals surface area contributed by atoms with Crippen molar-refractivity contribution in [1.82, 2.24) is 4.98 Å². The first-order chi connectivity index (χ1) is 8.16. The summed E-state index contributed by atoms with van der Waals surface area (Å²) in [6.07, 6.45) is 1.79. The van der Waals surface area contributed by atoms with Crippen molar-refractivity contribution in [2.45, 2.75) is 19.6 Å². The fourth-order valence-corrected chi connectivity index (χ4v) is 2.13. The van der Waals surface area contributed by atoms with E-state index >= 15 is 0 Å². The lowest BCUT2D eigenvalue weighted by Gasteiger charge is -2.10. The van der Waals surface area contributed by atoms with Crippen molar-refractivity contribution in [3.8, 4) is 5.75 Å². The number of thiazole rings is 1. The molecule has 1 aromatic heterocycles. The highest BCUT2D eigenvalue weighted by Gasteiger charge is 2.06. The monoisotopic (exact) mass is 268 g/mol. The Hall–Kier alpha value is -1.10. The Kier molecular flexibility index (Phi) is 3.99. The van der Waals surface area contributed by atoms with Crippen molar-refractivity contribution in [2.75, 3.05) is 0 Å². The Bertz CT molecular complexity index is 485. The molecular weight excluding hydrogens is 256 g/mol. The maximum atomic E-state index is 6.12. The number of halogens is 1. The summed E-state index contributed by atoms with van der Waals surface area (Å²) in [5, 5.41) is 0.587. The van der Waals surface area contributed by atoms with Crippen LogP contribution in [0.4, 0.5) is 0 Å². The minimum Gasteiger partial charge on any atom is -0.486 e. The zero-order valence-corrected chi connectivity index (χ0v) is 11.0. The van der Waals surface area contributed by atoms with Crippen molar-refractivity contribution < 1.29 is 4.74 Å². The molecule has 0 unspecified atom stereocenters. The van der Waals surface area contributed by atoms with Crippen LogP contribution in [0.1, 0.15) is 23.4 Å². The van der Waals surface area contributed by atoms with Crippen molar-refractivity contribution >= 4 is 22.9 Å². The van der Waals surface area contributed by atoms with E-state index in [9.17, 15) is 0 Å². The van der Waals surface area contributed by atoms with Crippen LogP contribution in [0.2, 0.25) is 5.02 Å². The van der Waals surface area contributed by atoms with Crippen LogP contribution < -0.4 is 10.5 Å². The summed E-state index contributed by atoms with van der Waals surface area (Å²) in [5.74, 6) is 0.671. The van der Waals surface area contributed by atoms with Gasteiger partial charge in [-0.25, -0.2) is 0 Å². The molecule has 0 amide bonds. The van der Waals surface area contributed by atoms with Gasteiger partial charge in [0.05, 0.1) is 15.4 Å². The first kappa shape index (κ1) is 12.4. The second-order valence-corrected chi connectivity index (χ2v) is 5.11. The van der Waals surface area contributed by atoms with Crippen LogP contribution in [0.15, 0.2) is 29.9 Å². The molecule has 1 aromatic carbocycles. The van der Waals surface area contributed by atoms with E-state index in [4.69, 9.17) is 22.1 Å². The number of benzene rings is 1. The number of nitrogens with two attached hydrogens (primary N) is 1. The van der Waals surface area contributed by atoms with E-state index in [1.165, 1.54) is 0 Å². The third-order valence-corrected chi connectivity index (χ3v) is 3.38. The molecule has 0 aliphatic carbocycles. The van der Waals surface area contributed by atoms with Crippen LogP contribution in [0.3, 0.4) is 0 Å². The highest BCUT2D eigenvalue weighted by Crippen LogP contribution is 2.28. The first-order valence-electron chi connectivity index (χ1n) is 5.22. The summed E-state index contributed by atoms with van der Waals surface area (Å²) < 4.78 is 5.61. The van der Waals surface area contributed by atoms with Crippen molar-refractivity contribution in [2.24, 2.45) is 5.73 Å². The molecule has 3 nitrogen and oxygen atoms in total. The smallest absolute Gasteiger partial charge is 0.138 e. The first-order valence-corrected chi connectivity index (χ1v) is 6.48. The molecule has 0 aliphatic rings. The maximum absolute atomic E-state index is 6.12. The molecule has 0 aliphatic heterocycles. The van der Waals surface area contributed by atoms with Crippen molar-refractivity contribution in [3.05, 3.63) is 45.4 Å². The van der Waals surface area contributed by atoms with Gasteiger partial charge in [-0.15, -0.1) is 11.3 Å². The zero-order chi connectivity index (χ0) is 12.3. The molecule has 1 heterocycles. The fourth-order valence-electron chi connectivity index (χ4n) is 1.38. The molecule has 0 spiro atoms. The standard InChI is InChI=1S/C12H13ClN2OS/c1-8(14)9-2-3-12(11(13)4-9)16-6-10-5-15-7-17-10/h2-5,7-8H,6,14H2,1H3/t8-/m1/s1. The van der Waals surface area contributed by atoms with Gasteiger partial charge in [0.1, 0.15) is 12.4 Å². The predicted molar refractivity (Wildman–Crippen MR) is 70.5 cm³/mol.